The van der Waals surface area contributed by atoms with Crippen LogP contribution in [-0.4, -0.2) is 5.78 Å². The van der Waals surface area contributed by atoms with Crippen molar-refractivity contribution >= 4 is 29.1 Å². The Kier molecular flexibility index (Phi) is 4.05. The van der Waals surface area contributed by atoms with Gasteiger partial charge in [0.1, 0.15) is 11.6 Å². The second kappa shape index (κ2) is 6.52. The molecule has 0 unspecified atom stereocenters. The average molecular weight is 344 g/mol. The fourth-order valence-electron chi connectivity index (χ4n) is 3.08. The minimum Gasteiger partial charge on any atom is -0.289 e. The monoisotopic (exact) mass is 344 g/mol. The van der Waals surface area contributed by atoms with Crippen LogP contribution in [0.15, 0.2) is 72.8 Å². The first-order valence-electron chi connectivity index (χ1n) is 8.21. The predicted octanol–water partition coefficient (Wildman–Crippen LogP) is 5.63. The normalized spacial score (nSPS) is 16.3. The van der Waals surface area contributed by atoms with Crippen LogP contribution in [-0.2, 0) is 4.79 Å². The molecule has 0 saturated carbocycles. The molecule has 1 aliphatic carbocycles. The van der Waals surface area contributed by atoms with E-state index in [0.29, 0.717) is 11.1 Å². The maximum atomic E-state index is 13.1. The molecule has 126 valence electrons. The molecule has 3 aromatic carbocycles. The number of hydrogen-bond acceptors (Lipinski definition) is 1. The van der Waals surface area contributed by atoms with Crippen LogP contribution in [0.4, 0.5) is 8.78 Å². The van der Waals surface area contributed by atoms with Gasteiger partial charge in [0.2, 0.25) is 0 Å². The van der Waals surface area contributed by atoms with Crippen molar-refractivity contribution in [1.29, 1.82) is 0 Å². The number of benzene rings is 3. The molecule has 3 heteroatoms. The van der Waals surface area contributed by atoms with E-state index in [1.54, 1.807) is 36.4 Å². The van der Waals surface area contributed by atoms with Crippen LogP contribution >= 0.6 is 0 Å². The van der Waals surface area contributed by atoms with E-state index in [4.69, 9.17) is 0 Å². The van der Waals surface area contributed by atoms with Crippen molar-refractivity contribution in [2.75, 3.05) is 0 Å². The van der Waals surface area contributed by atoms with E-state index in [1.807, 2.05) is 24.3 Å². The Bertz CT molecular complexity index is 958. The Morgan fingerprint density at radius 2 is 0.962 bits per heavy atom. The number of hydrogen-bond donors (Lipinski definition) is 0. The van der Waals surface area contributed by atoms with Crippen LogP contribution < -0.4 is 0 Å². The Labute approximate surface area is 149 Å². The van der Waals surface area contributed by atoms with Crippen molar-refractivity contribution in [3.8, 4) is 0 Å². The molecule has 0 N–H and O–H groups in total. The molecule has 1 aliphatic rings. The number of fused-ring (bicyclic) bond motifs is 1. The number of Topliss-reactive ketones (excluding diaryl/α,β-unsaturated/α-hetero) is 1. The van der Waals surface area contributed by atoms with Gasteiger partial charge in [-0.1, -0.05) is 48.5 Å². The Balaban J connectivity index is 1.82. The van der Waals surface area contributed by atoms with Crippen molar-refractivity contribution < 1.29 is 13.6 Å². The van der Waals surface area contributed by atoms with Gasteiger partial charge >= 0.3 is 0 Å². The SMILES string of the molecule is O=C1/C(=C\c2ccc(F)cc2)c2ccccc2/C1=C\c1ccc(F)cc1. The number of carbonyl (C=O) groups excluding carboxylic acids is 1. The summed E-state index contributed by atoms with van der Waals surface area (Å²) in [5.74, 6) is -0.732. The predicted molar refractivity (Wildman–Crippen MR) is 100.0 cm³/mol. The zero-order valence-electron chi connectivity index (χ0n) is 13.7. The van der Waals surface area contributed by atoms with Crippen LogP contribution in [0.25, 0.3) is 23.3 Å². The Morgan fingerprint density at radius 1 is 0.577 bits per heavy atom. The summed E-state index contributed by atoms with van der Waals surface area (Å²) in [4.78, 5) is 13.0. The number of halogens is 2. The van der Waals surface area contributed by atoms with Crippen molar-refractivity contribution in [3.63, 3.8) is 0 Å². The number of ketones is 1. The molecule has 0 bridgehead atoms. The van der Waals surface area contributed by atoms with Gasteiger partial charge in [0, 0.05) is 11.1 Å². The third kappa shape index (κ3) is 3.00. The summed E-state index contributed by atoms with van der Waals surface area (Å²) in [5, 5.41) is 0. The number of allylic oxidation sites excluding steroid dienone is 2. The summed E-state index contributed by atoms with van der Waals surface area (Å²) in [5.41, 5.74) is 4.34. The van der Waals surface area contributed by atoms with Crippen LogP contribution in [0.1, 0.15) is 22.3 Å². The Morgan fingerprint density at radius 3 is 1.35 bits per heavy atom. The molecular weight excluding hydrogens is 330 g/mol. The second-order valence-corrected chi connectivity index (χ2v) is 6.09. The molecule has 0 saturated heterocycles. The van der Waals surface area contributed by atoms with Crippen molar-refractivity contribution in [2.45, 2.75) is 0 Å². The molecule has 4 rings (SSSR count). The molecular formula is C23H14F2O. The Hall–Kier alpha value is -3.33. The fourth-order valence-corrected chi connectivity index (χ4v) is 3.08. The summed E-state index contributed by atoms with van der Waals surface area (Å²) in [6.45, 7) is 0. The zero-order valence-corrected chi connectivity index (χ0v) is 13.7. The number of rotatable bonds is 2. The van der Waals surface area contributed by atoms with Gasteiger partial charge in [0.25, 0.3) is 0 Å². The van der Waals surface area contributed by atoms with E-state index in [-0.39, 0.29) is 17.4 Å². The van der Waals surface area contributed by atoms with E-state index in [9.17, 15) is 13.6 Å². The van der Waals surface area contributed by atoms with Crippen molar-refractivity contribution in [3.05, 3.63) is 107 Å². The van der Waals surface area contributed by atoms with Crippen LogP contribution in [0, 0.1) is 11.6 Å². The van der Waals surface area contributed by atoms with Gasteiger partial charge in [-0.15, -0.1) is 0 Å². The molecule has 0 spiro atoms. The summed E-state index contributed by atoms with van der Waals surface area (Å²) < 4.78 is 26.3. The lowest BCUT2D eigenvalue weighted by atomic mass is 10.0. The van der Waals surface area contributed by atoms with Gasteiger partial charge in [-0.2, -0.15) is 0 Å². The third-order valence-electron chi connectivity index (χ3n) is 4.36. The van der Waals surface area contributed by atoms with Gasteiger partial charge < -0.3 is 0 Å². The summed E-state index contributed by atoms with van der Waals surface area (Å²) in [6.07, 6.45) is 3.54. The molecule has 0 heterocycles. The maximum Gasteiger partial charge on any atom is 0.194 e. The lowest BCUT2D eigenvalue weighted by molar-refractivity contribution is -0.108. The van der Waals surface area contributed by atoms with Gasteiger partial charge in [-0.3, -0.25) is 4.79 Å². The van der Waals surface area contributed by atoms with Crippen LogP contribution in [0.5, 0.6) is 0 Å². The molecule has 1 nitrogen and oxygen atoms in total. The highest BCUT2D eigenvalue weighted by atomic mass is 19.1. The van der Waals surface area contributed by atoms with Gasteiger partial charge in [0.15, 0.2) is 5.78 Å². The van der Waals surface area contributed by atoms with Crippen LogP contribution in [0.2, 0.25) is 0 Å². The summed E-state index contributed by atoms with van der Waals surface area (Å²) >= 11 is 0. The first-order valence-corrected chi connectivity index (χ1v) is 8.21. The molecule has 0 atom stereocenters. The van der Waals surface area contributed by atoms with Crippen molar-refractivity contribution in [1.82, 2.24) is 0 Å². The van der Waals surface area contributed by atoms with Gasteiger partial charge in [0.05, 0.1) is 0 Å². The second-order valence-electron chi connectivity index (χ2n) is 6.09. The first-order chi connectivity index (χ1) is 12.6. The molecule has 3 aromatic rings. The molecule has 0 aliphatic heterocycles. The fraction of sp³-hybridized carbons (Fsp3) is 0. The number of carbonyl (C=O) groups is 1. The van der Waals surface area contributed by atoms with E-state index < -0.39 is 0 Å². The topological polar surface area (TPSA) is 17.1 Å². The molecule has 0 amide bonds. The summed E-state index contributed by atoms with van der Waals surface area (Å²) in [6, 6.07) is 19.6. The average Bonchev–Trinajstić information content (AvgIpc) is 2.91. The third-order valence-corrected chi connectivity index (χ3v) is 4.36. The largest absolute Gasteiger partial charge is 0.289 e. The zero-order chi connectivity index (χ0) is 18.1. The lowest BCUT2D eigenvalue weighted by Gasteiger charge is -1.99. The van der Waals surface area contributed by atoms with Gasteiger partial charge in [-0.05, 0) is 58.7 Å². The minimum absolute atomic E-state index is 0.0974. The van der Waals surface area contributed by atoms with Crippen molar-refractivity contribution in [2.24, 2.45) is 0 Å². The van der Waals surface area contributed by atoms with Crippen LogP contribution in [0.3, 0.4) is 0 Å². The highest BCUT2D eigenvalue weighted by Gasteiger charge is 2.29. The van der Waals surface area contributed by atoms with E-state index in [1.165, 1.54) is 24.3 Å². The molecule has 0 fully saturated rings. The van der Waals surface area contributed by atoms with E-state index in [0.717, 1.165) is 22.3 Å². The standard InChI is InChI=1S/C23H14F2O/c24-17-9-5-15(6-10-17)13-21-19-3-1-2-4-20(19)22(23(21)26)14-16-7-11-18(25)12-8-16/h1-14H/b21-13-,22-14+. The highest BCUT2D eigenvalue weighted by molar-refractivity contribution is 6.51. The van der Waals surface area contributed by atoms with Gasteiger partial charge in [-0.25, -0.2) is 8.78 Å². The summed E-state index contributed by atoms with van der Waals surface area (Å²) in [7, 11) is 0. The first kappa shape index (κ1) is 16.2. The highest BCUT2D eigenvalue weighted by Crippen LogP contribution is 2.39. The smallest absolute Gasteiger partial charge is 0.194 e. The maximum absolute atomic E-state index is 13.1. The van der Waals surface area contributed by atoms with E-state index in [2.05, 4.69) is 0 Å². The molecule has 0 radical (unpaired) electrons. The minimum atomic E-state index is -0.317. The van der Waals surface area contributed by atoms with E-state index >= 15 is 0 Å². The molecule has 26 heavy (non-hydrogen) atoms. The molecule has 0 aromatic heterocycles. The quantitative estimate of drug-likeness (QED) is 0.551. The lowest BCUT2D eigenvalue weighted by Crippen LogP contribution is -1.94.